The highest BCUT2D eigenvalue weighted by atomic mass is 32.1. The maximum atomic E-state index is 12.4. The zero-order chi connectivity index (χ0) is 17.8. The average molecular weight is 361 g/mol. The van der Waals surface area contributed by atoms with Crippen LogP contribution >= 0.6 is 11.3 Å². The number of fused-ring (bicyclic) bond motifs is 1. The third-order valence-corrected chi connectivity index (χ3v) is 5.11. The Morgan fingerprint density at radius 2 is 2.16 bits per heavy atom. The average Bonchev–Trinajstić information content (AvgIpc) is 2.83. The SMILES string of the molecule is CCOc1ccc(C(=O)Nc2nc3c(s2)CCCCC3)cc1[N+](=O)[O-]. The first-order chi connectivity index (χ1) is 12.1. The standard InChI is InChI=1S/C17H19N3O4S/c1-2-24-14-9-8-11(10-13(14)20(22)23)16(21)19-17-18-12-6-4-3-5-7-15(12)25-17/h8-10H,2-7H2,1H3,(H,18,19,21). The van der Waals surface area contributed by atoms with Crippen molar-refractivity contribution < 1.29 is 14.5 Å². The fraction of sp³-hybridized carbons (Fsp3) is 0.412. The molecule has 1 aromatic carbocycles. The molecule has 132 valence electrons. The molecule has 1 aliphatic rings. The van der Waals surface area contributed by atoms with Crippen LogP contribution in [0.4, 0.5) is 10.8 Å². The van der Waals surface area contributed by atoms with Gasteiger partial charge in [-0.3, -0.25) is 20.2 Å². The number of carbonyl (C=O) groups is 1. The lowest BCUT2D eigenvalue weighted by atomic mass is 10.1. The first-order valence-electron chi connectivity index (χ1n) is 8.29. The Bertz CT molecular complexity index is 780. The molecule has 0 spiro atoms. The van der Waals surface area contributed by atoms with Gasteiger partial charge < -0.3 is 4.74 Å². The van der Waals surface area contributed by atoms with E-state index in [9.17, 15) is 14.9 Å². The fourth-order valence-corrected chi connectivity index (χ4v) is 3.88. The maximum Gasteiger partial charge on any atom is 0.311 e. The van der Waals surface area contributed by atoms with Gasteiger partial charge in [-0.25, -0.2) is 4.98 Å². The van der Waals surface area contributed by atoms with E-state index in [1.165, 1.54) is 40.8 Å². The van der Waals surface area contributed by atoms with Crippen molar-refractivity contribution in [2.45, 2.75) is 39.0 Å². The normalized spacial score (nSPS) is 13.6. The van der Waals surface area contributed by atoms with E-state index in [4.69, 9.17) is 4.74 Å². The van der Waals surface area contributed by atoms with Gasteiger partial charge in [-0.1, -0.05) is 6.42 Å². The highest BCUT2D eigenvalue weighted by Gasteiger charge is 2.20. The Labute approximate surface area is 149 Å². The zero-order valence-electron chi connectivity index (χ0n) is 13.9. The van der Waals surface area contributed by atoms with Crippen LogP contribution in [0.3, 0.4) is 0 Å². The Hall–Kier alpha value is -2.48. The summed E-state index contributed by atoms with van der Waals surface area (Å²) in [5.74, 6) is -0.250. The van der Waals surface area contributed by atoms with E-state index < -0.39 is 10.8 Å². The molecule has 0 atom stereocenters. The summed E-state index contributed by atoms with van der Waals surface area (Å²) in [5.41, 5.74) is 1.06. The molecule has 0 saturated carbocycles. The molecular formula is C17H19N3O4S. The number of anilines is 1. The lowest BCUT2D eigenvalue weighted by Crippen LogP contribution is -2.12. The van der Waals surface area contributed by atoms with Gasteiger partial charge in [-0.15, -0.1) is 11.3 Å². The van der Waals surface area contributed by atoms with E-state index in [0.717, 1.165) is 31.4 Å². The number of nitro benzene ring substituents is 1. The first kappa shape index (κ1) is 17.3. The van der Waals surface area contributed by atoms with Crippen LogP contribution in [0, 0.1) is 10.1 Å². The highest BCUT2D eigenvalue weighted by molar-refractivity contribution is 7.15. The van der Waals surface area contributed by atoms with Crippen molar-refractivity contribution in [2.75, 3.05) is 11.9 Å². The molecule has 25 heavy (non-hydrogen) atoms. The number of aromatic nitrogens is 1. The van der Waals surface area contributed by atoms with Gasteiger partial charge in [0.2, 0.25) is 0 Å². The molecule has 0 unspecified atom stereocenters. The van der Waals surface area contributed by atoms with Crippen molar-refractivity contribution in [3.05, 3.63) is 44.4 Å². The van der Waals surface area contributed by atoms with E-state index >= 15 is 0 Å². The summed E-state index contributed by atoms with van der Waals surface area (Å²) >= 11 is 1.49. The van der Waals surface area contributed by atoms with E-state index in [1.807, 2.05) is 0 Å². The lowest BCUT2D eigenvalue weighted by molar-refractivity contribution is -0.385. The number of ether oxygens (including phenoxy) is 1. The molecule has 0 bridgehead atoms. The summed E-state index contributed by atoms with van der Waals surface area (Å²) < 4.78 is 5.23. The number of rotatable bonds is 5. The van der Waals surface area contributed by atoms with Gasteiger partial charge in [0.05, 0.1) is 17.2 Å². The van der Waals surface area contributed by atoms with Crippen molar-refractivity contribution in [1.29, 1.82) is 0 Å². The predicted octanol–water partition coefficient (Wildman–Crippen LogP) is 3.97. The smallest absolute Gasteiger partial charge is 0.311 e. The molecule has 0 saturated heterocycles. The Balaban J connectivity index is 1.79. The highest BCUT2D eigenvalue weighted by Crippen LogP contribution is 2.31. The van der Waals surface area contributed by atoms with E-state index in [-0.39, 0.29) is 17.0 Å². The van der Waals surface area contributed by atoms with Gasteiger partial charge in [0.15, 0.2) is 10.9 Å². The quantitative estimate of drug-likeness (QED) is 0.494. The van der Waals surface area contributed by atoms with Gasteiger partial charge in [0.25, 0.3) is 5.91 Å². The first-order valence-corrected chi connectivity index (χ1v) is 9.11. The van der Waals surface area contributed by atoms with Crippen LogP contribution in [0.5, 0.6) is 5.75 Å². The largest absolute Gasteiger partial charge is 0.487 e. The Morgan fingerprint density at radius 3 is 2.92 bits per heavy atom. The zero-order valence-corrected chi connectivity index (χ0v) is 14.7. The number of aryl methyl sites for hydroxylation is 2. The number of thiazole rings is 1. The van der Waals surface area contributed by atoms with Crippen LogP contribution in [0.2, 0.25) is 0 Å². The minimum absolute atomic E-state index is 0.157. The van der Waals surface area contributed by atoms with E-state index in [1.54, 1.807) is 6.92 Å². The maximum absolute atomic E-state index is 12.4. The summed E-state index contributed by atoms with van der Waals surface area (Å²) in [6.45, 7) is 2.06. The molecule has 1 amide bonds. The molecule has 8 heteroatoms. The minimum Gasteiger partial charge on any atom is -0.487 e. The topological polar surface area (TPSA) is 94.4 Å². The van der Waals surface area contributed by atoms with Gasteiger partial charge in [-0.05, 0) is 44.7 Å². The van der Waals surface area contributed by atoms with Crippen molar-refractivity contribution >= 4 is 28.1 Å². The number of nitro groups is 1. The van der Waals surface area contributed by atoms with Crippen LogP contribution in [-0.4, -0.2) is 22.4 Å². The van der Waals surface area contributed by atoms with E-state index in [0.29, 0.717) is 11.7 Å². The van der Waals surface area contributed by atoms with Crippen LogP contribution in [0.1, 0.15) is 47.1 Å². The molecule has 0 radical (unpaired) electrons. The number of benzene rings is 1. The fourth-order valence-electron chi connectivity index (χ4n) is 2.83. The van der Waals surface area contributed by atoms with Gasteiger partial charge in [-0.2, -0.15) is 0 Å². The van der Waals surface area contributed by atoms with Gasteiger partial charge in [0.1, 0.15) is 0 Å². The second-order valence-corrected chi connectivity index (χ2v) is 6.86. The molecule has 0 aliphatic heterocycles. The third-order valence-electron chi connectivity index (χ3n) is 4.03. The third kappa shape index (κ3) is 3.96. The van der Waals surface area contributed by atoms with Crippen LogP contribution in [-0.2, 0) is 12.8 Å². The molecule has 1 N–H and O–H groups in total. The molecule has 1 aliphatic carbocycles. The van der Waals surface area contributed by atoms with Crippen LogP contribution in [0.15, 0.2) is 18.2 Å². The summed E-state index contributed by atoms with van der Waals surface area (Å²) in [6, 6.07) is 4.21. The van der Waals surface area contributed by atoms with E-state index in [2.05, 4.69) is 10.3 Å². The van der Waals surface area contributed by atoms with Gasteiger partial charge >= 0.3 is 5.69 Å². The van der Waals surface area contributed by atoms with Crippen molar-refractivity contribution in [1.82, 2.24) is 4.98 Å². The number of hydrogen-bond acceptors (Lipinski definition) is 6. The summed E-state index contributed by atoms with van der Waals surface area (Å²) in [5, 5.41) is 14.5. The molecular weight excluding hydrogens is 342 g/mol. The minimum atomic E-state index is -0.548. The van der Waals surface area contributed by atoms with Crippen LogP contribution in [0.25, 0.3) is 0 Å². The van der Waals surface area contributed by atoms with Crippen molar-refractivity contribution in [3.8, 4) is 5.75 Å². The molecule has 7 nitrogen and oxygen atoms in total. The monoisotopic (exact) mass is 361 g/mol. The summed E-state index contributed by atoms with van der Waals surface area (Å²) in [7, 11) is 0. The summed E-state index contributed by atoms with van der Waals surface area (Å²) in [4.78, 5) is 28.8. The second-order valence-electron chi connectivity index (χ2n) is 5.78. The number of nitrogens with zero attached hydrogens (tertiary/aromatic N) is 2. The van der Waals surface area contributed by atoms with Crippen LogP contribution < -0.4 is 10.1 Å². The Morgan fingerprint density at radius 1 is 1.36 bits per heavy atom. The molecule has 1 heterocycles. The number of hydrogen-bond donors (Lipinski definition) is 1. The van der Waals surface area contributed by atoms with Crippen molar-refractivity contribution in [2.24, 2.45) is 0 Å². The second kappa shape index (κ2) is 7.60. The molecule has 0 fully saturated rings. The van der Waals surface area contributed by atoms with Crippen molar-refractivity contribution in [3.63, 3.8) is 0 Å². The number of amides is 1. The Kier molecular flexibility index (Phi) is 5.28. The molecule has 3 rings (SSSR count). The molecule has 1 aromatic heterocycles. The predicted molar refractivity (Wildman–Crippen MR) is 95.6 cm³/mol. The summed E-state index contributed by atoms with van der Waals surface area (Å²) in [6.07, 6.45) is 5.41. The number of carbonyl (C=O) groups excluding carboxylic acids is 1. The number of nitrogens with one attached hydrogen (secondary N) is 1. The lowest BCUT2D eigenvalue weighted by Gasteiger charge is -2.06. The molecule has 2 aromatic rings. The van der Waals surface area contributed by atoms with Gasteiger partial charge in [0, 0.05) is 16.5 Å².